The van der Waals surface area contributed by atoms with Crippen LogP contribution in [0.4, 0.5) is 11.4 Å². The fraction of sp³-hybridized carbons (Fsp3) is 0.0909. The molecular weight excluding hydrogens is 404 g/mol. The van der Waals surface area contributed by atoms with Crippen LogP contribution in [0, 0.1) is 0 Å². The van der Waals surface area contributed by atoms with Gasteiger partial charge in [-0.05, 0) is 30.3 Å². The summed E-state index contributed by atoms with van der Waals surface area (Å²) in [4.78, 5) is 24.5. The number of benzene rings is 3. The molecule has 1 N–H and O–H groups in total. The van der Waals surface area contributed by atoms with E-state index in [0.717, 1.165) is 9.87 Å². The first-order valence-corrected chi connectivity index (χ1v) is 10.6. The number of ether oxygens (including phenoxy) is 1. The van der Waals surface area contributed by atoms with E-state index < -0.39 is 28.4 Å². The molecule has 1 aliphatic rings. The van der Waals surface area contributed by atoms with Crippen molar-refractivity contribution < 1.29 is 22.7 Å². The summed E-state index contributed by atoms with van der Waals surface area (Å²) in [6.07, 6.45) is 0. The number of rotatable bonds is 4. The number of hydrogen-bond donors (Lipinski definition) is 1. The first-order chi connectivity index (χ1) is 14.4. The monoisotopic (exact) mass is 422 g/mol. The van der Waals surface area contributed by atoms with Crippen LogP contribution in [0.1, 0.15) is 10.4 Å². The van der Waals surface area contributed by atoms with Crippen LogP contribution < -0.4 is 9.62 Å². The predicted molar refractivity (Wildman–Crippen MR) is 113 cm³/mol. The average molecular weight is 422 g/mol. The van der Waals surface area contributed by atoms with Crippen LogP contribution in [-0.4, -0.2) is 33.9 Å². The van der Waals surface area contributed by atoms with Crippen molar-refractivity contribution in [1.82, 2.24) is 0 Å². The smallest absolute Gasteiger partial charge is 0.337 e. The van der Waals surface area contributed by atoms with Crippen molar-refractivity contribution in [2.45, 2.75) is 4.90 Å². The highest BCUT2D eigenvalue weighted by atomic mass is 32.2. The van der Waals surface area contributed by atoms with Crippen molar-refractivity contribution >= 4 is 33.3 Å². The third kappa shape index (κ3) is 3.42. The molecule has 0 atom stereocenters. The Balaban J connectivity index is 1.65. The number of methoxy groups -OCH3 is 1. The largest absolute Gasteiger partial charge is 0.465 e. The summed E-state index contributed by atoms with van der Waals surface area (Å²) in [5.41, 5.74) is 2.43. The first kappa shape index (κ1) is 19.7. The highest BCUT2D eigenvalue weighted by Gasteiger charge is 2.35. The number of anilines is 2. The lowest BCUT2D eigenvalue weighted by Crippen LogP contribution is -2.40. The molecule has 3 aromatic rings. The van der Waals surface area contributed by atoms with E-state index >= 15 is 0 Å². The van der Waals surface area contributed by atoms with Crippen LogP contribution in [-0.2, 0) is 19.6 Å². The van der Waals surface area contributed by atoms with Gasteiger partial charge in [0.2, 0.25) is 5.91 Å². The standard InChI is InChI=1S/C22H18N2O5S/c1-29-22(26)15-7-6-8-16(13-15)23-21(25)14-24-19-11-4-2-9-17(19)18-10-3-5-12-20(18)30(24,27)28/h2-13H,14H2,1H3,(H,23,25). The molecule has 0 radical (unpaired) electrons. The molecule has 0 aromatic heterocycles. The van der Waals surface area contributed by atoms with E-state index in [9.17, 15) is 18.0 Å². The molecule has 3 aromatic carbocycles. The van der Waals surface area contributed by atoms with E-state index in [1.165, 1.54) is 19.2 Å². The Hall–Kier alpha value is -3.65. The average Bonchev–Trinajstić information content (AvgIpc) is 2.76. The fourth-order valence-corrected chi connectivity index (χ4v) is 5.07. The Morgan fingerprint density at radius 1 is 0.933 bits per heavy atom. The van der Waals surface area contributed by atoms with Gasteiger partial charge in [0.25, 0.3) is 10.0 Å². The molecular formula is C22H18N2O5S. The second kappa shape index (κ2) is 7.64. The van der Waals surface area contributed by atoms with Gasteiger partial charge in [0, 0.05) is 16.8 Å². The molecule has 0 unspecified atom stereocenters. The SMILES string of the molecule is COC(=O)c1cccc(NC(=O)CN2c3ccccc3-c3ccccc3S2(=O)=O)c1. The molecule has 30 heavy (non-hydrogen) atoms. The van der Waals surface area contributed by atoms with Crippen LogP contribution in [0.5, 0.6) is 0 Å². The van der Waals surface area contributed by atoms with E-state index in [1.807, 2.05) is 12.1 Å². The van der Waals surface area contributed by atoms with Crippen molar-refractivity contribution in [3.8, 4) is 11.1 Å². The number of fused-ring (bicyclic) bond motifs is 3. The number of nitrogens with one attached hydrogen (secondary N) is 1. The number of para-hydroxylation sites is 1. The van der Waals surface area contributed by atoms with Gasteiger partial charge in [-0.2, -0.15) is 0 Å². The van der Waals surface area contributed by atoms with Crippen molar-refractivity contribution in [3.05, 3.63) is 78.4 Å². The number of carbonyl (C=O) groups excluding carboxylic acids is 2. The van der Waals surface area contributed by atoms with Crippen molar-refractivity contribution in [3.63, 3.8) is 0 Å². The van der Waals surface area contributed by atoms with Gasteiger partial charge in [0.05, 0.1) is 23.3 Å². The summed E-state index contributed by atoms with van der Waals surface area (Å²) >= 11 is 0. The number of sulfonamides is 1. The van der Waals surface area contributed by atoms with Crippen LogP contribution >= 0.6 is 0 Å². The van der Waals surface area contributed by atoms with Gasteiger partial charge in [-0.3, -0.25) is 9.10 Å². The zero-order valence-corrected chi connectivity index (χ0v) is 16.8. The maximum Gasteiger partial charge on any atom is 0.337 e. The Bertz CT molecular complexity index is 1250. The van der Waals surface area contributed by atoms with Gasteiger partial charge in [-0.1, -0.05) is 42.5 Å². The minimum Gasteiger partial charge on any atom is -0.465 e. The topological polar surface area (TPSA) is 92.8 Å². The lowest BCUT2D eigenvalue weighted by Gasteiger charge is -2.31. The van der Waals surface area contributed by atoms with E-state index in [2.05, 4.69) is 10.1 Å². The minimum absolute atomic E-state index is 0.157. The lowest BCUT2D eigenvalue weighted by atomic mass is 10.0. The molecule has 4 rings (SSSR count). The number of carbonyl (C=O) groups is 2. The zero-order chi connectivity index (χ0) is 21.3. The van der Waals surface area contributed by atoms with Crippen LogP contribution in [0.25, 0.3) is 11.1 Å². The highest BCUT2D eigenvalue weighted by molar-refractivity contribution is 7.93. The molecule has 8 heteroatoms. The highest BCUT2D eigenvalue weighted by Crippen LogP contribution is 2.42. The molecule has 0 saturated heterocycles. The molecule has 0 fully saturated rings. The molecule has 7 nitrogen and oxygen atoms in total. The zero-order valence-electron chi connectivity index (χ0n) is 16.0. The van der Waals surface area contributed by atoms with Gasteiger partial charge < -0.3 is 10.1 Å². The van der Waals surface area contributed by atoms with Gasteiger partial charge in [-0.15, -0.1) is 0 Å². The lowest BCUT2D eigenvalue weighted by molar-refractivity contribution is -0.114. The molecule has 0 bridgehead atoms. The third-order valence-electron chi connectivity index (χ3n) is 4.77. The van der Waals surface area contributed by atoms with Crippen molar-refractivity contribution in [2.75, 3.05) is 23.3 Å². The molecule has 1 amide bonds. The Labute approximate surface area is 174 Å². The second-order valence-electron chi connectivity index (χ2n) is 6.65. The summed E-state index contributed by atoms with van der Waals surface area (Å²) in [5, 5.41) is 2.65. The maximum atomic E-state index is 13.2. The molecule has 0 spiro atoms. The fourth-order valence-electron chi connectivity index (χ4n) is 3.42. The Kier molecular flexibility index (Phi) is 5.01. The van der Waals surface area contributed by atoms with E-state index in [4.69, 9.17) is 0 Å². The number of amides is 1. The summed E-state index contributed by atoms with van der Waals surface area (Å²) in [6, 6.07) is 20.0. The van der Waals surface area contributed by atoms with Crippen LogP contribution in [0.3, 0.4) is 0 Å². The number of esters is 1. The number of nitrogens with zero attached hydrogens (tertiary/aromatic N) is 1. The quantitative estimate of drug-likeness (QED) is 0.652. The molecule has 0 aliphatic carbocycles. The third-order valence-corrected chi connectivity index (χ3v) is 6.59. The molecule has 1 aliphatic heterocycles. The Morgan fingerprint density at radius 3 is 2.40 bits per heavy atom. The second-order valence-corrected chi connectivity index (χ2v) is 8.48. The summed E-state index contributed by atoms with van der Waals surface area (Å²) < 4.78 is 32.2. The van der Waals surface area contributed by atoms with Gasteiger partial charge >= 0.3 is 5.97 Å². The summed E-state index contributed by atoms with van der Waals surface area (Å²) in [5.74, 6) is -1.06. The van der Waals surface area contributed by atoms with Crippen LogP contribution in [0.2, 0.25) is 0 Å². The predicted octanol–water partition coefficient (Wildman–Crippen LogP) is 3.29. The first-order valence-electron chi connectivity index (χ1n) is 9.11. The van der Waals surface area contributed by atoms with E-state index in [0.29, 0.717) is 16.9 Å². The minimum atomic E-state index is -3.91. The van der Waals surface area contributed by atoms with Gasteiger partial charge in [-0.25, -0.2) is 13.2 Å². The summed E-state index contributed by atoms with van der Waals surface area (Å²) in [7, 11) is -2.64. The van der Waals surface area contributed by atoms with Crippen molar-refractivity contribution in [1.29, 1.82) is 0 Å². The number of hydrogen-bond acceptors (Lipinski definition) is 5. The molecule has 0 saturated carbocycles. The normalized spacial score (nSPS) is 13.7. The van der Waals surface area contributed by atoms with Crippen LogP contribution in [0.15, 0.2) is 77.7 Å². The van der Waals surface area contributed by atoms with E-state index in [1.54, 1.807) is 48.5 Å². The molecule has 152 valence electrons. The maximum absolute atomic E-state index is 13.2. The summed E-state index contributed by atoms with van der Waals surface area (Å²) in [6.45, 7) is -0.407. The van der Waals surface area contributed by atoms with Gasteiger partial charge in [0.15, 0.2) is 0 Å². The van der Waals surface area contributed by atoms with Crippen molar-refractivity contribution in [2.24, 2.45) is 0 Å². The van der Waals surface area contributed by atoms with Gasteiger partial charge in [0.1, 0.15) is 6.54 Å². The Morgan fingerprint density at radius 2 is 1.63 bits per heavy atom. The molecule has 1 heterocycles. The van der Waals surface area contributed by atoms with E-state index in [-0.39, 0.29) is 10.5 Å².